The number of unbranched alkanes of at least 4 members (excludes halogenated alkanes) is 1. The predicted octanol–water partition coefficient (Wildman–Crippen LogP) is 10.8. The quantitative estimate of drug-likeness (QED) is 0.104. The number of para-hydroxylation sites is 1. The Morgan fingerprint density at radius 3 is 2.38 bits per heavy atom. The topological polar surface area (TPSA) is 44.9 Å². The summed E-state index contributed by atoms with van der Waals surface area (Å²) in [5.41, 5.74) is 10.2. The second kappa shape index (κ2) is 14.3. The van der Waals surface area contributed by atoms with Crippen LogP contribution in [0.5, 0.6) is 11.5 Å². The molecule has 0 radical (unpaired) electrons. The van der Waals surface area contributed by atoms with E-state index in [9.17, 15) is 0 Å². The zero-order chi connectivity index (χ0) is 32.5. The van der Waals surface area contributed by atoms with Crippen molar-refractivity contribution in [2.45, 2.75) is 66.2 Å². The third kappa shape index (κ3) is 6.36. The Hall–Kier alpha value is -4.50. The van der Waals surface area contributed by atoms with Gasteiger partial charge in [-0.1, -0.05) is 82.1 Å². The average Bonchev–Trinajstić information content (AvgIpc) is 3.63. The largest absolute Gasteiger partial charge is 2.00 e. The summed E-state index contributed by atoms with van der Waals surface area (Å²) in [4.78, 5) is 4.71. The van der Waals surface area contributed by atoms with Crippen molar-refractivity contribution in [2.24, 2.45) is 0 Å². The molecule has 0 N–H and O–H groups in total. The number of nitrogens with zero attached hydrogens (tertiary/aromatic N) is 4. The minimum Gasteiger partial charge on any atom is -0.509 e. The number of aryl methyl sites for hydroxylation is 2. The van der Waals surface area contributed by atoms with E-state index >= 15 is 0 Å². The molecule has 0 atom stereocenters. The number of rotatable bonds is 10. The molecule has 0 fully saturated rings. The molecule has 0 spiro atoms. The molecule has 0 aliphatic heterocycles. The van der Waals surface area contributed by atoms with Crippen LogP contribution in [-0.4, -0.2) is 19.3 Å². The second-order valence-corrected chi connectivity index (χ2v) is 12.6. The van der Waals surface area contributed by atoms with Crippen LogP contribution in [0, 0.1) is 19.1 Å². The van der Waals surface area contributed by atoms with E-state index in [4.69, 9.17) is 14.8 Å². The summed E-state index contributed by atoms with van der Waals surface area (Å²) in [5, 5.41) is 7.49. The SMILES string of the molecule is CCCCc1c(-c2ccc(CC)cc2)c(C(C)C)nn1-c1[c-]c(Oc2[c-]c3c(cc2)c2ccccc2n3-c2cc(C)ccn2)ccc1.[Pd+2]. The van der Waals surface area contributed by atoms with Crippen molar-refractivity contribution in [3.8, 4) is 34.1 Å². The van der Waals surface area contributed by atoms with Crippen LogP contribution in [0.15, 0.2) is 97.2 Å². The fraction of sp³-hybridized carbons (Fsp3) is 0.238. The standard InChI is InChI=1S/C42H40N4O.Pd/c1-6-8-15-38-41(31-19-17-30(7-2)18-20-31)42(28(3)4)44-46(38)32-12-11-13-33(26-32)47-34-21-22-36-35-14-9-10-16-37(35)45(39(36)27-34)40-25-29(5)23-24-43-40;/h9-14,16-25,28H,6-8,15H2,1-5H3;/q-2;+2. The third-order valence-corrected chi connectivity index (χ3v) is 8.86. The molecule has 0 saturated carbocycles. The van der Waals surface area contributed by atoms with Crippen molar-refractivity contribution < 1.29 is 25.2 Å². The van der Waals surface area contributed by atoms with Crippen molar-refractivity contribution in [2.75, 3.05) is 0 Å². The van der Waals surface area contributed by atoms with Crippen LogP contribution in [0.3, 0.4) is 0 Å². The first-order chi connectivity index (χ1) is 22.9. The molecule has 0 bridgehead atoms. The van der Waals surface area contributed by atoms with Gasteiger partial charge in [0.05, 0.1) is 5.69 Å². The molecule has 48 heavy (non-hydrogen) atoms. The van der Waals surface area contributed by atoms with Crippen LogP contribution >= 0.6 is 0 Å². The van der Waals surface area contributed by atoms with Gasteiger partial charge >= 0.3 is 20.4 Å². The molecule has 244 valence electrons. The number of hydrogen-bond acceptors (Lipinski definition) is 3. The summed E-state index contributed by atoms with van der Waals surface area (Å²) in [7, 11) is 0. The van der Waals surface area contributed by atoms with Gasteiger partial charge in [0.1, 0.15) is 5.82 Å². The molecule has 0 aliphatic carbocycles. The summed E-state index contributed by atoms with van der Waals surface area (Å²) in [6.45, 7) is 11.0. The molecule has 4 aromatic carbocycles. The smallest absolute Gasteiger partial charge is 0.509 e. The van der Waals surface area contributed by atoms with E-state index in [0.29, 0.717) is 11.5 Å². The van der Waals surface area contributed by atoms with Crippen LogP contribution < -0.4 is 4.74 Å². The Morgan fingerprint density at radius 2 is 1.62 bits per heavy atom. The van der Waals surface area contributed by atoms with Crippen molar-refractivity contribution in [3.05, 3.63) is 132 Å². The molecule has 0 aliphatic rings. The van der Waals surface area contributed by atoms with Crippen LogP contribution in [0.4, 0.5) is 0 Å². The number of fused-ring (bicyclic) bond motifs is 3. The number of ether oxygens (including phenoxy) is 1. The Morgan fingerprint density at radius 1 is 0.833 bits per heavy atom. The molecular weight excluding hydrogens is 683 g/mol. The van der Waals surface area contributed by atoms with Gasteiger partial charge in [0.25, 0.3) is 0 Å². The number of aromatic nitrogens is 4. The number of pyridine rings is 1. The Balaban J connectivity index is 0.00000401. The normalized spacial score (nSPS) is 11.4. The maximum Gasteiger partial charge on any atom is 2.00 e. The summed E-state index contributed by atoms with van der Waals surface area (Å²) < 4.78 is 10.7. The van der Waals surface area contributed by atoms with E-state index in [1.54, 1.807) is 0 Å². The molecule has 0 unspecified atom stereocenters. The van der Waals surface area contributed by atoms with Crippen LogP contribution in [0.25, 0.3) is 44.4 Å². The third-order valence-electron chi connectivity index (χ3n) is 8.86. The Labute approximate surface area is 297 Å². The molecule has 3 aromatic heterocycles. The monoisotopic (exact) mass is 722 g/mol. The van der Waals surface area contributed by atoms with Gasteiger partial charge in [-0.2, -0.15) is 17.2 Å². The summed E-state index contributed by atoms with van der Waals surface area (Å²) in [6.07, 6.45) is 6.00. The molecule has 0 saturated heterocycles. The minimum atomic E-state index is 0. The van der Waals surface area contributed by atoms with E-state index in [2.05, 4.69) is 123 Å². The number of hydrogen-bond donors (Lipinski definition) is 0. The van der Waals surface area contributed by atoms with Gasteiger partial charge in [-0.25, -0.2) is 4.98 Å². The molecule has 3 heterocycles. The maximum absolute atomic E-state index is 6.49. The fourth-order valence-corrected chi connectivity index (χ4v) is 6.42. The second-order valence-electron chi connectivity index (χ2n) is 12.6. The molecule has 0 amide bonds. The van der Waals surface area contributed by atoms with Crippen molar-refractivity contribution in [1.82, 2.24) is 19.3 Å². The molecule has 7 rings (SSSR count). The first-order valence-electron chi connectivity index (χ1n) is 16.7. The van der Waals surface area contributed by atoms with E-state index in [0.717, 1.165) is 70.3 Å². The molecule has 7 aromatic rings. The zero-order valence-electron chi connectivity index (χ0n) is 28.2. The van der Waals surface area contributed by atoms with Crippen molar-refractivity contribution in [3.63, 3.8) is 0 Å². The minimum absolute atomic E-state index is 0. The van der Waals surface area contributed by atoms with E-state index < -0.39 is 0 Å². The first-order valence-corrected chi connectivity index (χ1v) is 16.7. The Kier molecular flexibility index (Phi) is 9.97. The van der Waals surface area contributed by atoms with E-state index in [-0.39, 0.29) is 26.3 Å². The Bertz CT molecular complexity index is 2190. The van der Waals surface area contributed by atoms with E-state index in [1.807, 2.05) is 30.5 Å². The first kappa shape index (κ1) is 33.4. The maximum atomic E-state index is 6.49. The van der Waals surface area contributed by atoms with Crippen LogP contribution in [0.1, 0.15) is 69.0 Å². The molecular formula is C42H40N4OPd. The van der Waals surface area contributed by atoms with Gasteiger partial charge in [0.2, 0.25) is 0 Å². The van der Waals surface area contributed by atoms with Gasteiger partial charge < -0.3 is 9.30 Å². The van der Waals surface area contributed by atoms with Crippen LogP contribution in [-0.2, 0) is 33.3 Å². The van der Waals surface area contributed by atoms with Crippen LogP contribution in [0.2, 0.25) is 0 Å². The van der Waals surface area contributed by atoms with Crippen molar-refractivity contribution in [1.29, 1.82) is 0 Å². The predicted molar refractivity (Wildman–Crippen MR) is 192 cm³/mol. The average molecular weight is 723 g/mol. The summed E-state index contributed by atoms with van der Waals surface area (Å²) >= 11 is 0. The van der Waals surface area contributed by atoms with E-state index in [1.165, 1.54) is 22.4 Å². The number of benzene rings is 4. The fourth-order valence-electron chi connectivity index (χ4n) is 6.42. The van der Waals surface area contributed by atoms with Gasteiger partial charge in [-0.3, -0.25) is 4.68 Å². The van der Waals surface area contributed by atoms with Crippen molar-refractivity contribution >= 4 is 21.8 Å². The molecule has 6 heteroatoms. The molecule has 5 nitrogen and oxygen atoms in total. The van der Waals surface area contributed by atoms with Gasteiger partial charge in [-0.05, 0) is 78.1 Å². The van der Waals surface area contributed by atoms with Gasteiger partial charge in [0.15, 0.2) is 0 Å². The summed E-state index contributed by atoms with van der Waals surface area (Å²) in [5.74, 6) is 2.37. The van der Waals surface area contributed by atoms with Gasteiger partial charge in [-0.15, -0.1) is 35.7 Å². The zero-order valence-corrected chi connectivity index (χ0v) is 29.7. The van der Waals surface area contributed by atoms with Gasteiger partial charge in [0, 0.05) is 34.5 Å². The summed E-state index contributed by atoms with van der Waals surface area (Å²) in [6, 6.07) is 38.7.